The third kappa shape index (κ3) is 4.14. The number of carboxylic acid groups (broad SMARTS) is 1. The van der Waals surface area contributed by atoms with Crippen LogP contribution in [0.15, 0.2) is 22.3 Å². The second-order valence-electron chi connectivity index (χ2n) is 5.97. The molecule has 3 rings (SSSR count). The molecule has 3 amide bonds. The zero-order valence-electron chi connectivity index (χ0n) is 15.4. The Morgan fingerprint density at radius 3 is 2.97 bits per heavy atom. The van der Waals surface area contributed by atoms with Crippen molar-refractivity contribution < 1.29 is 29.1 Å². The lowest BCUT2D eigenvalue weighted by Gasteiger charge is -2.48. The summed E-state index contributed by atoms with van der Waals surface area (Å²) in [5, 5.41) is 18.8. The molecule has 2 aliphatic heterocycles. The number of β-lactam (4-membered cyclic amide) rings is 1. The van der Waals surface area contributed by atoms with Crippen LogP contribution in [-0.4, -0.2) is 68.2 Å². The number of amides is 3. The van der Waals surface area contributed by atoms with Crippen molar-refractivity contribution in [2.75, 3.05) is 11.9 Å². The summed E-state index contributed by atoms with van der Waals surface area (Å²) in [6.07, 6.45) is 6.85. The smallest absolute Gasteiger partial charge is 0.334 e. The molecule has 1 aromatic rings. The molecule has 13 heteroatoms. The molecule has 1 fully saturated rings. The Morgan fingerprint density at radius 1 is 1.53 bits per heavy atom. The van der Waals surface area contributed by atoms with Crippen molar-refractivity contribution in [3.05, 3.63) is 22.8 Å². The van der Waals surface area contributed by atoms with Crippen LogP contribution in [0.3, 0.4) is 0 Å². The Balaban J connectivity index is 1.77. The first-order chi connectivity index (χ1) is 14.4. The van der Waals surface area contributed by atoms with E-state index in [-0.39, 0.29) is 34.0 Å². The summed E-state index contributed by atoms with van der Waals surface area (Å²) in [5.74, 6) is -0.0663. The van der Waals surface area contributed by atoms with Crippen LogP contribution in [0.5, 0.6) is 0 Å². The summed E-state index contributed by atoms with van der Waals surface area (Å²) in [6.45, 7) is 1.52. The number of aliphatic carboxylic acids is 1. The van der Waals surface area contributed by atoms with Crippen molar-refractivity contribution in [1.29, 1.82) is 0 Å². The molecule has 0 aliphatic carbocycles. The minimum atomic E-state index is -1.10. The standard InChI is InChI=1S/C17H15N5O6S2/c1-3-4-28-21-11(10-6-29-17(19-10)18-7-23)13(24)20-12-14(25)22-5-9(16(26)27)8(2)30-15(12)22/h1,5-8,12,15H,4H2,2H3,(H,20,24)(H,26,27)(H,18,19,23)/t8?,12?,15-/m1/s1. The van der Waals surface area contributed by atoms with Crippen molar-refractivity contribution in [3.63, 3.8) is 0 Å². The van der Waals surface area contributed by atoms with Crippen molar-refractivity contribution in [3.8, 4) is 12.3 Å². The van der Waals surface area contributed by atoms with E-state index in [1.165, 1.54) is 28.2 Å². The molecule has 3 atom stereocenters. The predicted molar refractivity (Wildman–Crippen MR) is 108 cm³/mol. The molecule has 11 nitrogen and oxygen atoms in total. The van der Waals surface area contributed by atoms with Crippen LogP contribution in [0.2, 0.25) is 0 Å². The number of carbonyl (C=O) groups excluding carboxylic acids is 3. The van der Waals surface area contributed by atoms with E-state index in [2.05, 4.69) is 26.7 Å². The normalized spacial score (nSPS) is 22.7. The first-order valence-corrected chi connectivity index (χ1v) is 10.2. The van der Waals surface area contributed by atoms with Gasteiger partial charge in [0.25, 0.3) is 11.8 Å². The van der Waals surface area contributed by atoms with Crippen LogP contribution >= 0.6 is 23.1 Å². The largest absolute Gasteiger partial charge is 0.478 e. The van der Waals surface area contributed by atoms with E-state index < -0.39 is 29.2 Å². The number of oxime groups is 1. The van der Waals surface area contributed by atoms with Crippen LogP contribution in [0.4, 0.5) is 5.13 Å². The number of nitrogens with zero attached hydrogens (tertiary/aromatic N) is 3. The summed E-state index contributed by atoms with van der Waals surface area (Å²) in [6, 6.07) is -0.874. The Morgan fingerprint density at radius 2 is 2.30 bits per heavy atom. The Kier molecular flexibility index (Phi) is 6.38. The van der Waals surface area contributed by atoms with Crippen LogP contribution in [0.1, 0.15) is 12.6 Å². The molecule has 0 spiro atoms. The van der Waals surface area contributed by atoms with Crippen LogP contribution < -0.4 is 10.6 Å². The van der Waals surface area contributed by atoms with Crippen LogP contribution in [-0.2, 0) is 24.0 Å². The molecule has 156 valence electrons. The average molecular weight is 449 g/mol. The zero-order valence-corrected chi connectivity index (χ0v) is 17.0. The third-order valence-electron chi connectivity index (χ3n) is 4.12. The van der Waals surface area contributed by atoms with Gasteiger partial charge in [-0.1, -0.05) is 11.1 Å². The maximum Gasteiger partial charge on any atom is 0.334 e. The number of fused-ring (bicyclic) bond motifs is 1. The number of terminal acetylenes is 1. The number of aromatic nitrogens is 1. The summed E-state index contributed by atoms with van der Waals surface area (Å²) >= 11 is 2.31. The van der Waals surface area contributed by atoms with E-state index in [9.17, 15) is 24.3 Å². The van der Waals surface area contributed by atoms with Gasteiger partial charge in [-0.05, 0) is 6.92 Å². The lowest BCUT2D eigenvalue weighted by atomic mass is 10.1. The number of carboxylic acids is 1. The van der Waals surface area contributed by atoms with Gasteiger partial charge in [0, 0.05) is 16.8 Å². The molecule has 3 heterocycles. The number of thioether (sulfide) groups is 1. The zero-order chi connectivity index (χ0) is 21.8. The molecule has 0 bridgehead atoms. The highest BCUT2D eigenvalue weighted by Gasteiger charge is 2.51. The number of hydrogen-bond donors (Lipinski definition) is 3. The predicted octanol–water partition coefficient (Wildman–Crippen LogP) is -0.178. The highest BCUT2D eigenvalue weighted by atomic mass is 32.2. The Bertz CT molecular complexity index is 997. The molecule has 0 saturated carbocycles. The first kappa shape index (κ1) is 21.3. The van der Waals surface area contributed by atoms with E-state index in [0.29, 0.717) is 6.41 Å². The van der Waals surface area contributed by atoms with Gasteiger partial charge in [-0.15, -0.1) is 29.5 Å². The van der Waals surface area contributed by atoms with Gasteiger partial charge in [0.05, 0.1) is 5.57 Å². The van der Waals surface area contributed by atoms with Gasteiger partial charge in [0.15, 0.2) is 17.5 Å². The fourth-order valence-corrected chi connectivity index (χ4v) is 4.73. The van der Waals surface area contributed by atoms with Gasteiger partial charge in [0.2, 0.25) is 6.41 Å². The summed E-state index contributed by atoms with van der Waals surface area (Å²) in [7, 11) is 0. The fraction of sp³-hybridized carbons (Fsp3) is 0.294. The van der Waals surface area contributed by atoms with E-state index in [4.69, 9.17) is 11.3 Å². The van der Waals surface area contributed by atoms with Gasteiger partial charge in [-0.2, -0.15) is 0 Å². The molecular formula is C17H15N5O6S2. The summed E-state index contributed by atoms with van der Waals surface area (Å²) in [5.41, 5.74) is 0.0135. The molecule has 3 N–H and O–H groups in total. The van der Waals surface area contributed by atoms with Crippen LogP contribution in [0.25, 0.3) is 0 Å². The van der Waals surface area contributed by atoms with E-state index in [0.717, 1.165) is 11.3 Å². The van der Waals surface area contributed by atoms with E-state index in [1.54, 1.807) is 6.92 Å². The number of anilines is 1. The molecule has 0 aromatic carbocycles. The number of hydrogen-bond acceptors (Lipinski definition) is 9. The lowest BCUT2D eigenvalue weighted by Crippen LogP contribution is -2.69. The molecule has 0 radical (unpaired) electrons. The molecular weight excluding hydrogens is 434 g/mol. The minimum absolute atomic E-state index is 0.108. The van der Waals surface area contributed by atoms with Gasteiger partial charge < -0.3 is 25.5 Å². The molecule has 1 saturated heterocycles. The Hall–Kier alpha value is -3.37. The second-order valence-corrected chi connectivity index (χ2v) is 8.29. The number of nitrogens with one attached hydrogen (secondary N) is 2. The van der Waals surface area contributed by atoms with Crippen molar-refractivity contribution in [2.24, 2.45) is 5.16 Å². The Labute approximate surface area is 178 Å². The lowest BCUT2D eigenvalue weighted by molar-refractivity contribution is -0.144. The SMILES string of the molecule is C#CCON=C(C(=O)NC1C(=O)N2C=C(C(=O)O)C(C)S[C@H]12)c1csc(NC=O)n1. The fourth-order valence-electron chi connectivity index (χ4n) is 2.71. The highest BCUT2D eigenvalue weighted by molar-refractivity contribution is 8.00. The molecule has 2 unspecified atom stereocenters. The summed E-state index contributed by atoms with van der Waals surface area (Å²) < 4.78 is 0. The minimum Gasteiger partial charge on any atom is -0.478 e. The number of thiazole rings is 1. The maximum atomic E-state index is 12.8. The van der Waals surface area contributed by atoms with Gasteiger partial charge >= 0.3 is 5.97 Å². The number of rotatable bonds is 8. The first-order valence-electron chi connectivity index (χ1n) is 8.40. The van der Waals surface area contributed by atoms with Gasteiger partial charge in [-0.3, -0.25) is 14.4 Å². The van der Waals surface area contributed by atoms with E-state index in [1.807, 2.05) is 0 Å². The maximum absolute atomic E-state index is 12.8. The van der Waals surface area contributed by atoms with Gasteiger partial charge in [-0.25, -0.2) is 9.78 Å². The van der Waals surface area contributed by atoms with Crippen molar-refractivity contribution >= 4 is 58.1 Å². The highest BCUT2D eigenvalue weighted by Crippen LogP contribution is 2.40. The van der Waals surface area contributed by atoms with Crippen molar-refractivity contribution in [1.82, 2.24) is 15.2 Å². The summed E-state index contributed by atoms with van der Waals surface area (Å²) in [4.78, 5) is 57.3. The van der Waals surface area contributed by atoms with Crippen LogP contribution in [0, 0.1) is 12.3 Å². The third-order valence-corrected chi connectivity index (χ3v) is 6.33. The van der Waals surface area contributed by atoms with Crippen molar-refractivity contribution in [2.45, 2.75) is 23.6 Å². The number of carbonyl (C=O) groups is 4. The molecule has 2 aliphatic rings. The molecule has 1 aromatic heterocycles. The second kappa shape index (κ2) is 8.97. The quantitative estimate of drug-likeness (QED) is 0.124. The molecule has 30 heavy (non-hydrogen) atoms. The topological polar surface area (TPSA) is 150 Å². The van der Waals surface area contributed by atoms with E-state index >= 15 is 0 Å². The average Bonchev–Trinajstić information content (AvgIpc) is 3.17. The van der Waals surface area contributed by atoms with Gasteiger partial charge in [0.1, 0.15) is 17.1 Å². The monoisotopic (exact) mass is 449 g/mol.